The van der Waals surface area contributed by atoms with Crippen LogP contribution in [0.15, 0.2) is 24.3 Å². The maximum absolute atomic E-state index is 12.3. The number of nitrogens with zero attached hydrogens (tertiary/aromatic N) is 2. The molecule has 23 heavy (non-hydrogen) atoms. The van der Waals surface area contributed by atoms with Gasteiger partial charge in [0.2, 0.25) is 0 Å². The van der Waals surface area contributed by atoms with Crippen LogP contribution in [0.25, 0.3) is 0 Å². The van der Waals surface area contributed by atoms with Crippen molar-refractivity contribution in [1.29, 1.82) is 0 Å². The fraction of sp³-hybridized carbons (Fsp3) is 0.588. The molecular weight excluding hydrogens is 294 g/mol. The van der Waals surface area contributed by atoms with E-state index in [0.717, 1.165) is 25.2 Å². The largest absolute Gasteiger partial charge is 0.444 e. The van der Waals surface area contributed by atoms with Crippen LogP contribution in [-0.2, 0) is 9.57 Å². The van der Waals surface area contributed by atoms with Gasteiger partial charge in [-0.05, 0) is 39.3 Å². The van der Waals surface area contributed by atoms with E-state index in [2.05, 4.69) is 29.2 Å². The smallest absolute Gasteiger partial charge is 0.410 e. The molecule has 2 fully saturated rings. The van der Waals surface area contributed by atoms with Gasteiger partial charge in [-0.15, -0.1) is 0 Å². The molecule has 2 atom stereocenters. The van der Waals surface area contributed by atoms with Gasteiger partial charge in [-0.3, -0.25) is 0 Å². The lowest BCUT2D eigenvalue weighted by molar-refractivity contribution is -0.830. The van der Waals surface area contributed by atoms with Crippen molar-refractivity contribution in [2.24, 2.45) is 0 Å². The summed E-state index contributed by atoms with van der Waals surface area (Å²) in [5, 5.41) is 0. The predicted molar refractivity (Wildman–Crippen MR) is 87.5 cm³/mol. The topological polar surface area (TPSA) is 58.6 Å². The highest BCUT2D eigenvalue weighted by Gasteiger charge is 2.46. The van der Waals surface area contributed by atoms with Crippen molar-refractivity contribution < 1.29 is 19.8 Å². The van der Waals surface area contributed by atoms with Gasteiger partial charge in [0.1, 0.15) is 5.60 Å². The molecular formula is C17H26N3O3+. The van der Waals surface area contributed by atoms with Crippen LogP contribution in [0.5, 0.6) is 0 Å². The summed E-state index contributed by atoms with van der Waals surface area (Å²) in [5.74, 6) is 0. The highest BCUT2D eigenvalue weighted by atomic mass is 16.6. The molecule has 2 heterocycles. The van der Waals surface area contributed by atoms with Crippen molar-refractivity contribution in [3.05, 3.63) is 24.3 Å². The number of carbonyl (C=O) groups excluding carboxylic acids is 1. The number of piperazine rings is 1. The second-order valence-corrected chi connectivity index (χ2v) is 7.27. The van der Waals surface area contributed by atoms with Crippen LogP contribution in [0.2, 0.25) is 0 Å². The molecule has 126 valence electrons. The SMILES string of the molecule is CO[NH2+]c1ccc(N2CC3CC2CN3C(=O)OC(C)(C)C)cc1. The summed E-state index contributed by atoms with van der Waals surface area (Å²) < 4.78 is 5.51. The highest BCUT2D eigenvalue weighted by Crippen LogP contribution is 2.35. The van der Waals surface area contributed by atoms with E-state index >= 15 is 0 Å². The van der Waals surface area contributed by atoms with Crippen LogP contribution in [0.3, 0.4) is 0 Å². The minimum atomic E-state index is -0.438. The molecule has 2 saturated heterocycles. The summed E-state index contributed by atoms with van der Waals surface area (Å²) in [6, 6.07) is 8.96. The van der Waals surface area contributed by atoms with E-state index in [0.29, 0.717) is 6.04 Å². The molecule has 2 unspecified atom stereocenters. The summed E-state index contributed by atoms with van der Waals surface area (Å²) in [7, 11) is 1.65. The number of anilines is 1. The number of benzene rings is 1. The van der Waals surface area contributed by atoms with Crippen LogP contribution in [0.1, 0.15) is 27.2 Å². The first kappa shape index (κ1) is 16.1. The summed E-state index contributed by atoms with van der Waals surface area (Å²) in [6.45, 7) is 7.33. The third-order valence-electron chi connectivity index (χ3n) is 4.35. The Labute approximate surface area is 137 Å². The zero-order valence-corrected chi connectivity index (χ0v) is 14.3. The Morgan fingerprint density at radius 3 is 2.39 bits per heavy atom. The predicted octanol–water partition coefficient (Wildman–Crippen LogP) is 1.64. The third kappa shape index (κ3) is 3.43. The minimum absolute atomic E-state index is 0.185. The molecule has 0 radical (unpaired) electrons. The van der Waals surface area contributed by atoms with E-state index in [4.69, 9.17) is 9.57 Å². The van der Waals surface area contributed by atoms with Crippen molar-refractivity contribution in [2.75, 3.05) is 25.1 Å². The van der Waals surface area contributed by atoms with Crippen molar-refractivity contribution in [1.82, 2.24) is 4.90 Å². The van der Waals surface area contributed by atoms with E-state index in [1.165, 1.54) is 5.69 Å². The lowest BCUT2D eigenvalue weighted by Crippen LogP contribution is -2.75. The van der Waals surface area contributed by atoms with E-state index in [9.17, 15) is 4.79 Å². The molecule has 0 saturated carbocycles. The summed E-state index contributed by atoms with van der Waals surface area (Å²) in [4.78, 5) is 21.6. The number of quaternary nitrogens is 1. The van der Waals surface area contributed by atoms with Gasteiger partial charge in [0, 0.05) is 37.0 Å². The molecule has 2 aliphatic rings. The van der Waals surface area contributed by atoms with Gasteiger partial charge >= 0.3 is 6.09 Å². The second-order valence-electron chi connectivity index (χ2n) is 7.27. The van der Waals surface area contributed by atoms with Crippen LogP contribution in [0, 0.1) is 0 Å². The van der Waals surface area contributed by atoms with Gasteiger partial charge in [-0.2, -0.15) is 5.48 Å². The van der Waals surface area contributed by atoms with Crippen molar-refractivity contribution >= 4 is 17.5 Å². The molecule has 0 aromatic heterocycles. The Bertz CT molecular complexity index is 567. The average Bonchev–Trinajstić information content (AvgIpc) is 3.07. The zero-order valence-electron chi connectivity index (χ0n) is 14.3. The van der Waals surface area contributed by atoms with Crippen molar-refractivity contribution in [3.8, 4) is 0 Å². The van der Waals surface area contributed by atoms with Gasteiger partial charge < -0.3 is 14.5 Å². The average molecular weight is 320 g/mol. The fourth-order valence-corrected chi connectivity index (χ4v) is 3.41. The van der Waals surface area contributed by atoms with E-state index in [1.54, 1.807) is 12.6 Å². The number of ether oxygens (including phenoxy) is 1. The Hall–Kier alpha value is -1.79. The Balaban J connectivity index is 1.63. The van der Waals surface area contributed by atoms with E-state index in [1.807, 2.05) is 25.7 Å². The molecule has 2 N–H and O–H groups in total. The zero-order chi connectivity index (χ0) is 16.6. The van der Waals surface area contributed by atoms with Crippen molar-refractivity contribution in [2.45, 2.75) is 44.9 Å². The second kappa shape index (κ2) is 6.02. The molecule has 2 aliphatic heterocycles. The highest BCUT2D eigenvalue weighted by molar-refractivity contribution is 5.70. The number of amides is 1. The maximum atomic E-state index is 12.3. The van der Waals surface area contributed by atoms with Crippen molar-refractivity contribution in [3.63, 3.8) is 0 Å². The van der Waals surface area contributed by atoms with Gasteiger partial charge in [0.05, 0.1) is 13.2 Å². The molecule has 1 aromatic rings. The number of fused-ring (bicyclic) bond motifs is 2. The fourth-order valence-electron chi connectivity index (χ4n) is 3.41. The van der Waals surface area contributed by atoms with Gasteiger partial charge in [-0.25, -0.2) is 9.63 Å². The maximum Gasteiger partial charge on any atom is 0.410 e. The van der Waals surface area contributed by atoms with Gasteiger partial charge in [-0.1, -0.05) is 0 Å². The number of nitrogens with two attached hydrogens (primary N) is 1. The quantitative estimate of drug-likeness (QED) is 0.679. The monoisotopic (exact) mass is 320 g/mol. The number of hydrogen-bond acceptors (Lipinski definition) is 4. The summed E-state index contributed by atoms with van der Waals surface area (Å²) in [6.07, 6.45) is 0.834. The minimum Gasteiger partial charge on any atom is -0.444 e. The molecule has 1 aromatic carbocycles. The summed E-state index contributed by atoms with van der Waals surface area (Å²) >= 11 is 0. The van der Waals surface area contributed by atoms with Crippen LogP contribution >= 0.6 is 0 Å². The lowest BCUT2D eigenvalue weighted by atomic mass is 10.2. The van der Waals surface area contributed by atoms with Crippen LogP contribution in [-0.4, -0.2) is 48.9 Å². The summed E-state index contributed by atoms with van der Waals surface area (Å²) in [5.41, 5.74) is 3.54. The normalized spacial score (nSPS) is 23.5. The van der Waals surface area contributed by atoms with E-state index < -0.39 is 5.60 Å². The number of carbonyl (C=O) groups is 1. The number of rotatable bonds is 3. The Kier molecular flexibility index (Phi) is 4.21. The first-order valence-corrected chi connectivity index (χ1v) is 8.10. The third-order valence-corrected chi connectivity index (χ3v) is 4.35. The van der Waals surface area contributed by atoms with E-state index in [-0.39, 0.29) is 12.1 Å². The first-order chi connectivity index (χ1) is 10.9. The Morgan fingerprint density at radius 1 is 1.17 bits per heavy atom. The van der Waals surface area contributed by atoms with Gasteiger partial charge in [0.25, 0.3) is 0 Å². The molecule has 3 rings (SSSR count). The van der Waals surface area contributed by atoms with Crippen LogP contribution < -0.4 is 10.4 Å². The number of hydrogen-bond donors (Lipinski definition) is 1. The Morgan fingerprint density at radius 2 is 1.87 bits per heavy atom. The lowest BCUT2D eigenvalue weighted by Gasteiger charge is -2.36. The van der Waals surface area contributed by atoms with Crippen LogP contribution in [0.4, 0.5) is 16.2 Å². The first-order valence-electron chi connectivity index (χ1n) is 8.10. The molecule has 2 bridgehead atoms. The molecule has 0 spiro atoms. The molecule has 6 heteroatoms. The number of likely N-dealkylation sites (tertiary alicyclic amines) is 1. The van der Waals surface area contributed by atoms with Gasteiger partial charge in [0.15, 0.2) is 5.69 Å². The molecule has 0 aliphatic carbocycles. The molecule has 6 nitrogen and oxygen atoms in total. The molecule has 1 amide bonds. The standard InChI is InChI=1S/C17H25N3O3/c1-17(2,3)23-16(21)20-11-14-9-15(20)10-19(14)13-7-5-12(6-8-13)18-22-4/h5-8,14-15,18H,9-11H2,1-4H3/p+1.